The number of ether oxygens (including phenoxy) is 1. The summed E-state index contributed by atoms with van der Waals surface area (Å²) >= 11 is 0. The van der Waals surface area contributed by atoms with Crippen molar-refractivity contribution < 1.29 is 9.53 Å². The van der Waals surface area contributed by atoms with Crippen molar-refractivity contribution in [2.45, 2.75) is 135 Å². The van der Waals surface area contributed by atoms with E-state index in [-0.39, 0.29) is 5.97 Å². The molecule has 0 atom stereocenters. The minimum atomic E-state index is -0.799. The van der Waals surface area contributed by atoms with Gasteiger partial charge in [-0.15, -0.1) is 0 Å². The van der Waals surface area contributed by atoms with Gasteiger partial charge in [-0.05, 0) is 37.6 Å². The summed E-state index contributed by atoms with van der Waals surface area (Å²) < 4.78 is 5.02. The molecule has 0 aromatic heterocycles. The van der Waals surface area contributed by atoms with Crippen LogP contribution < -0.4 is 5.32 Å². The molecule has 0 spiro atoms. The van der Waals surface area contributed by atoms with Gasteiger partial charge in [0, 0.05) is 20.3 Å². The van der Waals surface area contributed by atoms with Crippen molar-refractivity contribution in [3.63, 3.8) is 0 Å². The Hall–Kier alpha value is -1.29. The molecule has 3 nitrogen and oxygen atoms in total. The van der Waals surface area contributed by atoms with E-state index in [1.807, 2.05) is 31.2 Å². The molecule has 0 radical (unpaired) electrons. The summed E-state index contributed by atoms with van der Waals surface area (Å²) in [5, 5.41) is 3.45. The smallest absolute Gasteiger partial charge is 0.338 e. The minimum Gasteiger partial charge on any atom is -0.462 e. The fourth-order valence-corrected chi connectivity index (χ4v) is 5.74. The van der Waals surface area contributed by atoms with Crippen molar-refractivity contribution in [3.05, 3.63) is 29.8 Å². The molecule has 0 fully saturated rings. The van der Waals surface area contributed by atoms with Crippen LogP contribution in [0.4, 0.5) is 5.69 Å². The Kier molecular flexibility index (Phi) is 18.0. The first kappa shape index (κ1) is 30.7. The second-order valence-electron chi connectivity index (χ2n) is 11.2. The van der Waals surface area contributed by atoms with Crippen molar-refractivity contribution in [1.29, 1.82) is 0 Å². The number of carbonyl (C=O) groups is 1. The molecule has 1 aromatic rings. The lowest BCUT2D eigenvalue weighted by Gasteiger charge is -2.14. The summed E-state index contributed by atoms with van der Waals surface area (Å²) in [5.41, 5.74) is 1.69. The monoisotopic (exact) mass is 489 g/mol. The number of carbonyl (C=O) groups excluding carboxylic acids is 1. The lowest BCUT2D eigenvalue weighted by Crippen LogP contribution is -2.18. The van der Waals surface area contributed by atoms with Gasteiger partial charge < -0.3 is 10.1 Å². The number of hydrogen-bond donors (Lipinski definition) is 1. The zero-order chi connectivity index (χ0) is 24.9. The molecule has 196 valence electrons. The summed E-state index contributed by atoms with van der Waals surface area (Å²) in [6.07, 6.45) is 22.6. The molecule has 1 N–H and O–H groups in total. The number of hydrogen-bond acceptors (Lipinski definition) is 3. The van der Waals surface area contributed by atoms with Crippen LogP contribution in [0.25, 0.3) is 0 Å². The summed E-state index contributed by atoms with van der Waals surface area (Å²) in [7, 11) is -0.799. The zero-order valence-electron chi connectivity index (χ0n) is 23.1. The van der Waals surface area contributed by atoms with Crippen LogP contribution in [-0.4, -0.2) is 27.2 Å². The van der Waals surface area contributed by atoms with Gasteiger partial charge in [0.15, 0.2) is 0 Å². The normalized spacial score (nSPS) is 11.5. The van der Waals surface area contributed by atoms with Crippen LogP contribution in [0.1, 0.15) is 120 Å². The predicted octanol–water partition coefficient (Wildman–Crippen LogP) is 9.85. The second-order valence-corrected chi connectivity index (χ2v) is 16.8. The van der Waals surface area contributed by atoms with Gasteiger partial charge in [-0.25, -0.2) is 4.79 Å². The Balaban J connectivity index is 1.80. The molecule has 0 saturated heterocycles. The molecular weight excluding hydrogens is 434 g/mol. The third-order valence-electron chi connectivity index (χ3n) is 6.58. The quantitative estimate of drug-likeness (QED) is 0.1000. The summed E-state index contributed by atoms with van der Waals surface area (Å²) in [4.78, 5) is 11.7. The molecule has 0 unspecified atom stereocenters. The maximum atomic E-state index is 11.7. The number of nitrogens with one attached hydrogen (secondary N) is 1. The average Bonchev–Trinajstić information content (AvgIpc) is 2.80. The molecule has 0 amide bonds. The van der Waals surface area contributed by atoms with Gasteiger partial charge >= 0.3 is 5.97 Å². The van der Waals surface area contributed by atoms with E-state index >= 15 is 0 Å². The summed E-state index contributed by atoms with van der Waals surface area (Å²) in [6, 6.07) is 9.10. The van der Waals surface area contributed by atoms with Gasteiger partial charge in [0.1, 0.15) is 0 Å². The van der Waals surface area contributed by atoms with E-state index in [0.29, 0.717) is 12.2 Å². The van der Waals surface area contributed by atoms with Crippen LogP contribution in [0.3, 0.4) is 0 Å². The highest BCUT2D eigenvalue weighted by atomic mass is 28.3. The molecule has 0 aliphatic rings. The molecule has 0 bridgehead atoms. The Labute approximate surface area is 212 Å². The first-order valence-electron chi connectivity index (χ1n) is 14.4. The average molecular weight is 490 g/mol. The molecule has 34 heavy (non-hydrogen) atoms. The van der Waals surface area contributed by atoms with E-state index in [0.717, 1.165) is 12.2 Å². The van der Waals surface area contributed by atoms with Crippen molar-refractivity contribution in [1.82, 2.24) is 0 Å². The SMILES string of the molecule is CCOC(=O)c1ccc(NCCCCCCCCCCCCCCCCCC[Si](C)(C)C)cc1. The van der Waals surface area contributed by atoms with Crippen LogP contribution in [0.2, 0.25) is 25.7 Å². The standard InChI is InChI=1S/C30H55NO2Si/c1-5-33-30(32)28-22-24-29(25-23-28)31-26-20-18-16-14-12-10-8-6-7-9-11-13-15-17-19-21-27-34(2,3)4/h22-25,31H,5-21,26-27H2,1-4H3. The van der Waals surface area contributed by atoms with Gasteiger partial charge in [-0.3, -0.25) is 0 Å². The van der Waals surface area contributed by atoms with Gasteiger partial charge in [0.05, 0.1) is 12.2 Å². The third-order valence-corrected chi connectivity index (χ3v) is 8.43. The zero-order valence-corrected chi connectivity index (χ0v) is 24.1. The lowest BCUT2D eigenvalue weighted by molar-refractivity contribution is 0.0526. The maximum absolute atomic E-state index is 11.7. The van der Waals surface area contributed by atoms with Crippen molar-refractivity contribution in [2.75, 3.05) is 18.5 Å². The summed E-state index contributed by atoms with van der Waals surface area (Å²) in [6.45, 7) is 10.7. The second kappa shape index (κ2) is 20.0. The summed E-state index contributed by atoms with van der Waals surface area (Å²) in [5.74, 6) is -0.247. The number of anilines is 1. The highest BCUT2D eigenvalue weighted by molar-refractivity contribution is 6.76. The molecule has 1 rings (SSSR count). The van der Waals surface area contributed by atoms with E-state index in [9.17, 15) is 4.79 Å². The maximum Gasteiger partial charge on any atom is 0.338 e. The van der Waals surface area contributed by atoms with Crippen LogP contribution in [-0.2, 0) is 4.74 Å². The number of esters is 1. The third kappa shape index (κ3) is 18.1. The van der Waals surface area contributed by atoms with E-state index in [4.69, 9.17) is 4.74 Å². The Bertz CT molecular complexity index is 609. The van der Waals surface area contributed by atoms with Crippen LogP contribution in [0, 0.1) is 0 Å². The lowest BCUT2D eigenvalue weighted by atomic mass is 10.0. The van der Waals surface area contributed by atoms with Crippen molar-refractivity contribution in [3.8, 4) is 0 Å². The molecule has 0 aliphatic heterocycles. The topological polar surface area (TPSA) is 38.3 Å². The molecule has 0 heterocycles. The highest BCUT2D eigenvalue weighted by Gasteiger charge is 2.11. The molecule has 1 aromatic carbocycles. The van der Waals surface area contributed by atoms with Gasteiger partial charge in [-0.2, -0.15) is 0 Å². The van der Waals surface area contributed by atoms with Crippen molar-refractivity contribution >= 4 is 19.7 Å². The molecule has 0 aliphatic carbocycles. The predicted molar refractivity (Wildman–Crippen MR) is 153 cm³/mol. The fourth-order valence-electron chi connectivity index (χ4n) is 4.43. The van der Waals surface area contributed by atoms with Crippen LogP contribution in [0.15, 0.2) is 24.3 Å². The first-order valence-corrected chi connectivity index (χ1v) is 18.1. The Morgan fingerprint density at radius 2 is 1.09 bits per heavy atom. The number of unbranched alkanes of at least 4 members (excludes halogenated alkanes) is 15. The Morgan fingerprint density at radius 3 is 1.50 bits per heavy atom. The molecular formula is C30H55NO2Si. The number of benzene rings is 1. The van der Waals surface area contributed by atoms with Gasteiger partial charge in [0.25, 0.3) is 0 Å². The highest BCUT2D eigenvalue weighted by Crippen LogP contribution is 2.17. The first-order chi connectivity index (χ1) is 16.4. The minimum absolute atomic E-state index is 0.247. The Morgan fingerprint density at radius 1 is 0.676 bits per heavy atom. The van der Waals surface area contributed by atoms with E-state index in [1.54, 1.807) is 0 Å². The molecule has 0 saturated carbocycles. The van der Waals surface area contributed by atoms with E-state index < -0.39 is 8.07 Å². The van der Waals surface area contributed by atoms with E-state index in [1.165, 1.54) is 109 Å². The van der Waals surface area contributed by atoms with Gasteiger partial charge in [0.2, 0.25) is 0 Å². The van der Waals surface area contributed by atoms with Crippen LogP contribution >= 0.6 is 0 Å². The largest absolute Gasteiger partial charge is 0.462 e. The van der Waals surface area contributed by atoms with Gasteiger partial charge in [-0.1, -0.05) is 122 Å². The number of rotatable bonds is 22. The fraction of sp³-hybridized carbons (Fsp3) is 0.767. The van der Waals surface area contributed by atoms with Crippen LogP contribution in [0.5, 0.6) is 0 Å². The van der Waals surface area contributed by atoms with Crippen molar-refractivity contribution in [2.24, 2.45) is 0 Å². The molecule has 4 heteroatoms. The van der Waals surface area contributed by atoms with E-state index in [2.05, 4.69) is 25.0 Å².